The molecule has 0 aliphatic rings. The van der Waals surface area contributed by atoms with Crippen molar-refractivity contribution in [3.8, 4) is 0 Å². The van der Waals surface area contributed by atoms with Gasteiger partial charge in [-0.05, 0) is 36.8 Å². The minimum atomic E-state index is -0.397. The second-order valence-electron chi connectivity index (χ2n) is 5.66. The zero-order chi connectivity index (χ0) is 16.9. The number of hydrogen-bond donors (Lipinski definition) is 1. The third-order valence-corrected chi connectivity index (χ3v) is 3.77. The van der Waals surface area contributed by atoms with Crippen LogP contribution in [0.1, 0.15) is 21.5 Å². The normalized spacial score (nSPS) is 10.4. The molecule has 1 amide bonds. The molecule has 0 radical (unpaired) electrons. The minimum absolute atomic E-state index is 0.133. The molecule has 0 atom stereocenters. The number of benzene rings is 2. The van der Waals surface area contributed by atoms with Crippen molar-refractivity contribution in [2.75, 3.05) is 5.32 Å². The summed E-state index contributed by atoms with van der Waals surface area (Å²) in [7, 11) is 0. The fraction of sp³-hybridized carbons (Fsp3) is 0.100. The van der Waals surface area contributed by atoms with Gasteiger partial charge in [0.25, 0.3) is 11.5 Å². The predicted molar refractivity (Wildman–Crippen MR) is 95.4 cm³/mol. The molecule has 0 unspecified atom stereocenters. The monoisotopic (exact) mass is 318 g/mol. The van der Waals surface area contributed by atoms with E-state index in [4.69, 9.17) is 0 Å². The standard InChI is InChI=1S/C20H18N2O2/c1-15-9-11-17(12-10-15)21-19(23)18-8-5-13-22(20(18)24)14-16-6-3-2-4-7-16/h2-13H,14H2,1H3,(H,21,23). The SMILES string of the molecule is Cc1ccc(NC(=O)c2cccn(Cc3ccccc3)c2=O)cc1. The van der Waals surface area contributed by atoms with Crippen LogP contribution in [-0.2, 0) is 6.54 Å². The number of anilines is 1. The Labute approximate surface area is 140 Å². The third-order valence-electron chi connectivity index (χ3n) is 3.77. The Morgan fingerprint density at radius 1 is 0.958 bits per heavy atom. The lowest BCUT2D eigenvalue weighted by Crippen LogP contribution is -2.29. The predicted octanol–water partition coefficient (Wildman–Crippen LogP) is 3.46. The zero-order valence-electron chi connectivity index (χ0n) is 13.4. The van der Waals surface area contributed by atoms with E-state index in [1.54, 1.807) is 22.9 Å². The first-order valence-corrected chi connectivity index (χ1v) is 7.75. The Hall–Kier alpha value is -3.14. The number of pyridine rings is 1. The van der Waals surface area contributed by atoms with E-state index in [2.05, 4.69) is 5.32 Å². The van der Waals surface area contributed by atoms with Crippen molar-refractivity contribution < 1.29 is 4.79 Å². The number of carbonyl (C=O) groups is 1. The van der Waals surface area contributed by atoms with E-state index in [9.17, 15) is 9.59 Å². The van der Waals surface area contributed by atoms with Crippen LogP contribution in [0.5, 0.6) is 0 Å². The molecule has 0 saturated carbocycles. The number of amides is 1. The molecule has 0 aliphatic carbocycles. The van der Waals surface area contributed by atoms with Gasteiger partial charge in [-0.1, -0.05) is 48.0 Å². The van der Waals surface area contributed by atoms with Gasteiger partial charge in [0.2, 0.25) is 0 Å². The number of rotatable bonds is 4. The van der Waals surface area contributed by atoms with Crippen molar-refractivity contribution in [2.24, 2.45) is 0 Å². The molecular weight excluding hydrogens is 300 g/mol. The second-order valence-corrected chi connectivity index (χ2v) is 5.66. The van der Waals surface area contributed by atoms with Gasteiger partial charge in [-0.2, -0.15) is 0 Å². The number of aromatic nitrogens is 1. The number of hydrogen-bond acceptors (Lipinski definition) is 2. The molecule has 3 aromatic rings. The molecule has 4 nitrogen and oxygen atoms in total. The Bertz CT molecular complexity index is 897. The maximum Gasteiger partial charge on any atom is 0.263 e. The van der Waals surface area contributed by atoms with Crippen LogP contribution in [0.3, 0.4) is 0 Å². The zero-order valence-corrected chi connectivity index (χ0v) is 13.4. The summed E-state index contributed by atoms with van der Waals surface area (Å²) in [6, 6.07) is 20.4. The van der Waals surface area contributed by atoms with Gasteiger partial charge in [-0.25, -0.2) is 0 Å². The lowest BCUT2D eigenvalue weighted by Gasteiger charge is -2.09. The van der Waals surface area contributed by atoms with E-state index in [-0.39, 0.29) is 11.1 Å². The molecule has 4 heteroatoms. The molecule has 1 aromatic heterocycles. The van der Waals surface area contributed by atoms with Gasteiger partial charge in [0.15, 0.2) is 0 Å². The minimum Gasteiger partial charge on any atom is -0.322 e. The molecule has 0 saturated heterocycles. The number of nitrogens with one attached hydrogen (secondary N) is 1. The number of nitrogens with zero attached hydrogens (tertiary/aromatic N) is 1. The molecule has 0 spiro atoms. The lowest BCUT2D eigenvalue weighted by molar-refractivity contribution is 0.102. The first-order valence-electron chi connectivity index (χ1n) is 7.75. The summed E-state index contributed by atoms with van der Waals surface area (Å²) in [5.74, 6) is -0.397. The highest BCUT2D eigenvalue weighted by atomic mass is 16.2. The highest BCUT2D eigenvalue weighted by Gasteiger charge is 2.12. The van der Waals surface area contributed by atoms with E-state index in [0.717, 1.165) is 11.1 Å². The summed E-state index contributed by atoms with van der Waals surface area (Å²) >= 11 is 0. The van der Waals surface area contributed by atoms with Crippen molar-refractivity contribution >= 4 is 11.6 Å². The fourth-order valence-electron chi connectivity index (χ4n) is 2.45. The maximum atomic E-state index is 12.6. The van der Waals surface area contributed by atoms with Crippen LogP contribution in [0.4, 0.5) is 5.69 Å². The van der Waals surface area contributed by atoms with Gasteiger partial charge in [-0.15, -0.1) is 0 Å². The molecule has 24 heavy (non-hydrogen) atoms. The summed E-state index contributed by atoms with van der Waals surface area (Å²) in [6.45, 7) is 2.41. The Kier molecular flexibility index (Phi) is 4.57. The van der Waals surface area contributed by atoms with E-state index in [0.29, 0.717) is 12.2 Å². The van der Waals surface area contributed by atoms with Crippen molar-refractivity contribution in [1.82, 2.24) is 4.57 Å². The topological polar surface area (TPSA) is 51.1 Å². The highest BCUT2D eigenvalue weighted by molar-refractivity contribution is 6.03. The summed E-state index contributed by atoms with van der Waals surface area (Å²) in [6.07, 6.45) is 1.69. The molecule has 0 aliphatic heterocycles. The van der Waals surface area contributed by atoms with E-state index >= 15 is 0 Å². The van der Waals surface area contributed by atoms with Gasteiger partial charge in [0, 0.05) is 11.9 Å². The summed E-state index contributed by atoms with van der Waals surface area (Å²) in [4.78, 5) is 25.0. The number of aryl methyl sites for hydroxylation is 1. The average molecular weight is 318 g/mol. The van der Waals surface area contributed by atoms with Crippen LogP contribution in [0.15, 0.2) is 77.7 Å². The largest absolute Gasteiger partial charge is 0.322 e. The molecule has 3 rings (SSSR count). The van der Waals surface area contributed by atoms with Crippen molar-refractivity contribution in [2.45, 2.75) is 13.5 Å². The molecule has 1 N–H and O–H groups in total. The summed E-state index contributed by atoms with van der Waals surface area (Å²) < 4.78 is 1.54. The van der Waals surface area contributed by atoms with E-state index in [1.165, 1.54) is 0 Å². The summed E-state index contributed by atoms with van der Waals surface area (Å²) in [5, 5.41) is 2.77. The molecule has 0 bridgehead atoms. The van der Waals surface area contributed by atoms with Gasteiger partial charge in [-0.3, -0.25) is 9.59 Å². The van der Waals surface area contributed by atoms with Crippen LogP contribution in [-0.4, -0.2) is 10.5 Å². The maximum absolute atomic E-state index is 12.6. The van der Waals surface area contributed by atoms with Gasteiger partial charge in [0.05, 0.1) is 6.54 Å². The summed E-state index contributed by atoms with van der Waals surface area (Å²) in [5.41, 5.74) is 2.62. The van der Waals surface area contributed by atoms with Crippen LogP contribution >= 0.6 is 0 Å². The first-order chi connectivity index (χ1) is 11.6. The van der Waals surface area contributed by atoms with Crippen molar-refractivity contribution in [1.29, 1.82) is 0 Å². The van der Waals surface area contributed by atoms with E-state index in [1.807, 2.05) is 61.5 Å². The van der Waals surface area contributed by atoms with Gasteiger partial charge >= 0.3 is 0 Å². The van der Waals surface area contributed by atoms with Crippen LogP contribution in [0, 0.1) is 6.92 Å². The molecule has 2 aromatic carbocycles. The van der Waals surface area contributed by atoms with E-state index < -0.39 is 5.91 Å². The second kappa shape index (κ2) is 6.96. The molecule has 0 fully saturated rings. The highest BCUT2D eigenvalue weighted by Crippen LogP contribution is 2.10. The molecular formula is C20H18N2O2. The quantitative estimate of drug-likeness (QED) is 0.801. The van der Waals surface area contributed by atoms with Crippen LogP contribution in [0.2, 0.25) is 0 Å². The fourth-order valence-corrected chi connectivity index (χ4v) is 2.45. The van der Waals surface area contributed by atoms with Crippen LogP contribution in [0.25, 0.3) is 0 Å². The smallest absolute Gasteiger partial charge is 0.263 e. The molecule has 120 valence electrons. The lowest BCUT2D eigenvalue weighted by atomic mass is 10.2. The Morgan fingerprint density at radius 2 is 1.67 bits per heavy atom. The van der Waals surface area contributed by atoms with Crippen molar-refractivity contribution in [3.63, 3.8) is 0 Å². The molecule has 1 heterocycles. The number of carbonyl (C=O) groups excluding carboxylic acids is 1. The van der Waals surface area contributed by atoms with Crippen LogP contribution < -0.4 is 10.9 Å². The van der Waals surface area contributed by atoms with Gasteiger partial charge < -0.3 is 9.88 Å². The third kappa shape index (κ3) is 3.60. The Balaban J connectivity index is 1.83. The Morgan fingerprint density at radius 3 is 2.38 bits per heavy atom. The van der Waals surface area contributed by atoms with Crippen molar-refractivity contribution in [3.05, 3.63) is 100.0 Å². The average Bonchev–Trinajstić information content (AvgIpc) is 2.60. The first kappa shape index (κ1) is 15.7. The van der Waals surface area contributed by atoms with Gasteiger partial charge in [0.1, 0.15) is 5.56 Å².